The van der Waals surface area contributed by atoms with Crippen LogP contribution >= 0.6 is 0 Å². The van der Waals surface area contributed by atoms with E-state index >= 15 is 0 Å². The molecule has 2 atom stereocenters. The Morgan fingerprint density at radius 3 is 3.06 bits per heavy atom. The van der Waals surface area contributed by atoms with Crippen LogP contribution in [0.1, 0.15) is 36.4 Å². The van der Waals surface area contributed by atoms with Gasteiger partial charge >= 0.3 is 0 Å². The number of nitrogens with one attached hydrogen (secondary N) is 1. The first-order valence-electron chi connectivity index (χ1n) is 6.38. The second-order valence-corrected chi connectivity index (χ2v) is 6.28. The highest BCUT2D eigenvalue weighted by atomic mass is 32.2. The van der Waals surface area contributed by atoms with E-state index < -0.39 is 10.8 Å². The van der Waals surface area contributed by atoms with Gasteiger partial charge in [-0.3, -0.25) is 4.21 Å². The van der Waals surface area contributed by atoms with E-state index in [1.54, 1.807) is 6.26 Å². The smallest absolute Gasteiger partial charge is 0.0323 e. The predicted molar refractivity (Wildman–Crippen MR) is 73.7 cm³/mol. The molecule has 0 amide bonds. The minimum atomic E-state index is -0.657. The minimum Gasteiger partial charge on any atom is -0.310 e. The van der Waals surface area contributed by atoms with E-state index in [1.807, 2.05) is 0 Å². The Hall–Kier alpha value is -0.670. The summed E-state index contributed by atoms with van der Waals surface area (Å²) in [5.41, 5.74) is 2.96. The minimum absolute atomic E-state index is 0.505. The summed E-state index contributed by atoms with van der Waals surface area (Å²) in [6.45, 7) is 0.971. The lowest BCUT2D eigenvalue weighted by atomic mass is 9.88. The zero-order chi connectivity index (χ0) is 12.1. The number of hydrogen-bond acceptors (Lipinski definition) is 2. The van der Waals surface area contributed by atoms with Gasteiger partial charge in [0.2, 0.25) is 0 Å². The summed E-state index contributed by atoms with van der Waals surface area (Å²) < 4.78 is 11.0. The van der Waals surface area contributed by atoms with Crippen molar-refractivity contribution in [2.45, 2.75) is 31.7 Å². The van der Waals surface area contributed by atoms with Gasteiger partial charge in [0.25, 0.3) is 0 Å². The van der Waals surface area contributed by atoms with Gasteiger partial charge in [0.05, 0.1) is 0 Å². The molecule has 3 heteroatoms. The molecular formula is C14H21NOS. The fourth-order valence-corrected chi connectivity index (χ4v) is 3.07. The average Bonchev–Trinajstić information content (AvgIpc) is 2.34. The molecule has 17 heavy (non-hydrogen) atoms. The van der Waals surface area contributed by atoms with Crippen molar-refractivity contribution < 1.29 is 4.21 Å². The van der Waals surface area contributed by atoms with Crippen molar-refractivity contribution in [1.29, 1.82) is 0 Å². The Morgan fingerprint density at radius 2 is 2.24 bits per heavy atom. The maximum atomic E-state index is 11.0. The number of rotatable bonds is 5. The lowest BCUT2D eigenvalue weighted by molar-refractivity contribution is 0.461. The fourth-order valence-electron chi connectivity index (χ4n) is 2.52. The molecule has 1 aromatic carbocycles. The molecule has 0 aromatic heterocycles. The lowest BCUT2D eigenvalue weighted by Crippen LogP contribution is -2.26. The van der Waals surface area contributed by atoms with E-state index in [-0.39, 0.29) is 0 Å². The summed E-state index contributed by atoms with van der Waals surface area (Å²) in [5.74, 6) is 0.807. The number of hydrogen-bond donors (Lipinski definition) is 1. The molecule has 0 bridgehead atoms. The van der Waals surface area contributed by atoms with E-state index in [1.165, 1.54) is 30.4 Å². The van der Waals surface area contributed by atoms with E-state index in [9.17, 15) is 4.21 Å². The van der Waals surface area contributed by atoms with E-state index in [0.29, 0.717) is 6.04 Å². The van der Waals surface area contributed by atoms with E-state index in [4.69, 9.17) is 0 Å². The van der Waals surface area contributed by atoms with Crippen LogP contribution in [0.15, 0.2) is 24.3 Å². The fraction of sp³-hybridized carbons (Fsp3) is 0.571. The first-order valence-corrected chi connectivity index (χ1v) is 8.11. The highest BCUT2D eigenvalue weighted by Crippen LogP contribution is 2.29. The molecule has 1 aromatic rings. The maximum absolute atomic E-state index is 11.0. The summed E-state index contributed by atoms with van der Waals surface area (Å²) >= 11 is 0. The van der Waals surface area contributed by atoms with Gasteiger partial charge in [-0.15, -0.1) is 0 Å². The first-order chi connectivity index (χ1) is 8.27. The Bertz CT molecular complexity index is 392. The molecule has 2 nitrogen and oxygen atoms in total. The number of benzene rings is 1. The maximum Gasteiger partial charge on any atom is 0.0323 e. The zero-order valence-electron chi connectivity index (χ0n) is 10.4. The molecule has 1 aliphatic carbocycles. The van der Waals surface area contributed by atoms with E-state index in [0.717, 1.165) is 18.7 Å². The molecule has 0 fully saturated rings. The summed E-state index contributed by atoms with van der Waals surface area (Å²) in [7, 11) is -0.657. The largest absolute Gasteiger partial charge is 0.310 e. The summed E-state index contributed by atoms with van der Waals surface area (Å²) in [6.07, 6.45) is 6.49. The molecule has 2 rings (SSSR count). The number of aryl methyl sites for hydroxylation is 1. The Balaban J connectivity index is 1.88. The predicted octanol–water partition coefficient (Wildman–Crippen LogP) is 2.42. The number of fused-ring (bicyclic) bond motifs is 1. The van der Waals surface area contributed by atoms with Gasteiger partial charge in [-0.1, -0.05) is 24.3 Å². The summed E-state index contributed by atoms with van der Waals surface area (Å²) in [4.78, 5) is 0. The molecule has 0 radical (unpaired) electrons. The molecule has 2 unspecified atom stereocenters. The van der Waals surface area contributed by atoms with Gasteiger partial charge in [-0.05, 0) is 43.4 Å². The topological polar surface area (TPSA) is 29.1 Å². The van der Waals surface area contributed by atoms with Gasteiger partial charge in [-0.2, -0.15) is 0 Å². The standard InChI is InChI=1S/C14H21NOS/c1-17(16)11-5-10-15-14-9-4-7-12-6-2-3-8-13(12)14/h2-3,6,8,14-15H,4-5,7,9-11H2,1H3. The van der Waals surface area contributed by atoms with Crippen molar-refractivity contribution in [3.63, 3.8) is 0 Å². The molecule has 94 valence electrons. The second-order valence-electron chi connectivity index (χ2n) is 4.73. The average molecular weight is 251 g/mol. The van der Waals surface area contributed by atoms with Crippen LogP contribution in [0.25, 0.3) is 0 Å². The Labute approximate surface area is 106 Å². The molecule has 0 heterocycles. The van der Waals surface area contributed by atoms with Crippen LogP contribution in [0.4, 0.5) is 0 Å². The SMILES string of the molecule is CS(=O)CCCNC1CCCc2ccccc21. The molecular weight excluding hydrogens is 230 g/mol. The third kappa shape index (κ3) is 3.65. The van der Waals surface area contributed by atoms with Crippen molar-refractivity contribution in [3.8, 4) is 0 Å². The van der Waals surface area contributed by atoms with Crippen LogP contribution in [-0.4, -0.2) is 22.8 Å². The first kappa shape index (κ1) is 12.8. The molecule has 0 aliphatic heterocycles. The van der Waals surface area contributed by atoms with Crippen molar-refractivity contribution >= 4 is 10.8 Å². The van der Waals surface area contributed by atoms with Gasteiger partial charge in [0.1, 0.15) is 0 Å². The van der Waals surface area contributed by atoms with Crippen molar-refractivity contribution in [2.75, 3.05) is 18.6 Å². The normalized spacial score (nSPS) is 20.9. The Morgan fingerprint density at radius 1 is 1.41 bits per heavy atom. The zero-order valence-corrected chi connectivity index (χ0v) is 11.3. The van der Waals surface area contributed by atoms with Crippen LogP contribution in [-0.2, 0) is 17.2 Å². The van der Waals surface area contributed by atoms with Crippen LogP contribution in [0, 0.1) is 0 Å². The molecule has 0 saturated heterocycles. The van der Waals surface area contributed by atoms with Crippen molar-refractivity contribution in [2.24, 2.45) is 0 Å². The highest BCUT2D eigenvalue weighted by molar-refractivity contribution is 7.84. The lowest BCUT2D eigenvalue weighted by Gasteiger charge is -2.26. The third-order valence-electron chi connectivity index (χ3n) is 3.37. The van der Waals surface area contributed by atoms with Gasteiger partial charge in [-0.25, -0.2) is 0 Å². The van der Waals surface area contributed by atoms with Crippen LogP contribution in [0.3, 0.4) is 0 Å². The van der Waals surface area contributed by atoms with Crippen molar-refractivity contribution in [1.82, 2.24) is 5.32 Å². The van der Waals surface area contributed by atoms with Gasteiger partial charge < -0.3 is 5.32 Å². The van der Waals surface area contributed by atoms with Gasteiger partial charge in [0.15, 0.2) is 0 Å². The van der Waals surface area contributed by atoms with E-state index in [2.05, 4.69) is 29.6 Å². The summed E-state index contributed by atoms with van der Waals surface area (Å²) in [6, 6.07) is 9.24. The van der Waals surface area contributed by atoms with Crippen LogP contribution < -0.4 is 5.32 Å². The summed E-state index contributed by atoms with van der Waals surface area (Å²) in [5, 5.41) is 3.60. The molecule has 0 saturated carbocycles. The van der Waals surface area contributed by atoms with Gasteiger partial charge in [0, 0.05) is 28.9 Å². The second kappa shape index (κ2) is 6.31. The molecule has 1 aliphatic rings. The molecule has 0 spiro atoms. The van der Waals surface area contributed by atoms with Crippen LogP contribution in [0.5, 0.6) is 0 Å². The van der Waals surface area contributed by atoms with Crippen LogP contribution in [0.2, 0.25) is 0 Å². The third-order valence-corrected chi connectivity index (χ3v) is 4.23. The quantitative estimate of drug-likeness (QED) is 0.814. The molecule has 1 N–H and O–H groups in total. The van der Waals surface area contributed by atoms with Crippen molar-refractivity contribution in [3.05, 3.63) is 35.4 Å². The monoisotopic (exact) mass is 251 g/mol. The Kier molecular flexibility index (Phi) is 4.75. The highest BCUT2D eigenvalue weighted by Gasteiger charge is 2.18.